The first-order valence-corrected chi connectivity index (χ1v) is 7.87. The summed E-state index contributed by atoms with van der Waals surface area (Å²) in [6, 6.07) is 12.1. The van der Waals surface area contributed by atoms with Crippen LogP contribution in [0, 0.1) is 10.1 Å². The Labute approximate surface area is 141 Å². The average Bonchev–Trinajstić information content (AvgIpc) is 2.55. The number of hydrogen-bond acceptors (Lipinski definition) is 4. The fraction of sp³-hybridized carbons (Fsp3) is 0.118. The predicted molar refractivity (Wildman–Crippen MR) is 91.6 cm³/mol. The number of Topliss-reactive ketones (excluding diaryl/α,β-unsaturated/α-hetero) is 1. The van der Waals surface area contributed by atoms with Crippen LogP contribution in [-0.4, -0.2) is 10.7 Å². The highest BCUT2D eigenvalue weighted by atomic mass is 79.9. The molecule has 0 atom stereocenters. The van der Waals surface area contributed by atoms with Crippen molar-refractivity contribution in [2.45, 2.75) is 12.8 Å². The van der Waals surface area contributed by atoms with Crippen LogP contribution in [0.25, 0.3) is 0 Å². The van der Waals surface area contributed by atoms with Gasteiger partial charge in [0, 0.05) is 33.9 Å². The van der Waals surface area contributed by atoms with E-state index >= 15 is 0 Å². The quantitative estimate of drug-likeness (QED) is 0.489. The van der Waals surface area contributed by atoms with Crippen molar-refractivity contribution in [1.82, 2.24) is 0 Å². The Bertz CT molecular complexity index is 830. The largest absolute Gasteiger partial charge is 0.360 e. The fourth-order valence-corrected chi connectivity index (χ4v) is 3.03. The number of carbonyl (C=O) groups is 1. The number of nitro benzene ring substituents is 1. The van der Waals surface area contributed by atoms with Gasteiger partial charge < -0.3 is 5.32 Å². The number of allylic oxidation sites excluding steroid dienone is 1. The van der Waals surface area contributed by atoms with Gasteiger partial charge in [0.2, 0.25) is 0 Å². The first kappa shape index (κ1) is 15.4. The van der Waals surface area contributed by atoms with E-state index in [0.29, 0.717) is 22.2 Å². The molecule has 2 aromatic carbocycles. The third-order valence-corrected chi connectivity index (χ3v) is 4.44. The molecule has 0 amide bonds. The van der Waals surface area contributed by atoms with E-state index in [9.17, 15) is 14.9 Å². The molecule has 116 valence electrons. The summed E-state index contributed by atoms with van der Waals surface area (Å²) in [7, 11) is 0. The molecule has 1 N–H and O–H groups in total. The molecule has 0 aliphatic heterocycles. The van der Waals surface area contributed by atoms with E-state index in [2.05, 4.69) is 21.2 Å². The molecule has 0 heterocycles. The van der Waals surface area contributed by atoms with Crippen LogP contribution in [0.4, 0.5) is 11.4 Å². The van der Waals surface area contributed by atoms with Crippen LogP contribution in [0.3, 0.4) is 0 Å². The molecule has 0 spiro atoms. The van der Waals surface area contributed by atoms with Gasteiger partial charge in [-0.1, -0.05) is 24.3 Å². The Hall–Kier alpha value is -2.47. The molecular weight excluding hydrogens is 360 g/mol. The molecule has 0 radical (unpaired) electrons. The third kappa shape index (κ3) is 3.17. The molecule has 6 heteroatoms. The van der Waals surface area contributed by atoms with Gasteiger partial charge in [-0.25, -0.2) is 0 Å². The minimum atomic E-state index is -0.450. The van der Waals surface area contributed by atoms with Crippen molar-refractivity contribution in [3.05, 3.63) is 80.0 Å². The summed E-state index contributed by atoms with van der Waals surface area (Å²) in [5, 5.41) is 13.8. The minimum Gasteiger partial charge on any atom is -0.360 e. The SMILES string of the molecule is O=C1/C(=C\Nc2ccc([N+](=O)[O-])cc2Br)CCc2ccccc21. The van der Waals surface area contributed by atoms with Crippen molar-refractivity contribution < 1.29 is 9.72 Å². The molecular formula is C17H13BrN2O3. The standard InChI is InChI=1S/C17H13BrN2O3/c18-15-9-13(20(22)23)7-8-16(15)19-10-12-6-5-11-3-1-2-4-14(11)17(12)21/h1-4,7-10,19H,5-6H2/b12-10-. The highest BCUT2D eigenvalue weighted by Gasteiger charge is 2.21. The molecule has 0 saturated carbocycles. The zero-order valence-electron chi connectivity index (χ0n) is 12.1. The van der Waals surface area contributed by atoms with Crippen LogP contribution in [0.15, 0.2) is 58.7 Å². The first-order valence-electron chi connectivity index (χ1n) is 7.08. The van der Waals surface area contributed by atoms with Gasteiger partial charge in [-0.2, -0.15) is 0 Å². The summed E-state index contributed by atoms with van der Waals surface area (Å²) >= 11 is 3.30. The highest BCUT2D eigenvalue weighted by molar-refractivity contribution is 9.10. The minimum absolute atomic E-state index is 0.0118. The van der Waals surface area contributed by atoms with Crippen LogP contribution in [-0.2, 0) is 6.42 Å². The lowest BCUT2D eigenvalue weighted by atomic mass is 9.87. The average molecular weight is 373 g/mol. The molecule has 1 aliphatic rings. The van der Waals surface area contributed by atoms with Crippen LogP contribution < -0.4 is 5.32 Å². The molecule has 2 aromatic rings. The monoisotopic (exact) mass is 372 g/mol. The van der Waals surface area contributed by atoms with Gasteiger partial charge in [-0.15, -0.1) is 0 Å². The number of carbonyl (C=O) groups excluding carboxylic acids is 1. The maximum Gasteiger partial charge on any atom is 0.270 e. The summed E-state index contributed by atoms with van der Waals surface area (Å²) in [4.78, 5) is 22.7. The Kier molecular flexibility index (Phi) is 4.25. The van der Waals surface area contributed by atoms with Crippen molar-refractivity contribution in [2.75, 3.05) is 5.32 Å². The van der Waals surface area contributed by atoms with E-state index in [1.54, 1.807) is 12.3 Å². The second-order valence-electron chi connectivity index (χ2n) is 5.22. The number of non-ortho nitro benzene ring substituents is 1. The number of fused-ring (bicyclic) bond motifs is 1. The van der Waals surface area contributed by atoms with Crippen molar-refractivity contribution in [3.63, 3.8) is 0 Å². The summed E-state index contributed by atoms with van der Waals surface area (Å²) in [6.07, 6.45) is 3.19. The van der Waals surface area contributed by atoms with Gasteiger partial charge in [0.05, 0.1) is 10.6 Å². The Balaban J connectivity index is 1.82. The number of benzene rings is 2. The number of rotatable bonds is 3. The number of nitro groups is 1. The molecule has 3 rings (SSSR count). The molecule has 0 bridgehead atoms. The number of anilines is 1. The molecule has 1 aliphatic carbocycles. The Morgan fingerprint density at radius 3 is 2.70 bits per heavy atom. The lowest BCUT2D eigenvalue weighted by Crippen LogP contribution is -2.15. The lowest BCUT2D eigenvalue weighted by Gasteiger charge is -2.17. The lowest BCUT2D eigenvalue weighted by molar-refractivity contribution is -0.384. The van der Waals surface area contributed by atoms with Gasteiger partial charge >= 0.3 is 0 Å². The van der Waals surface area contributed by atoms with Crippen LogP contribution in [0.5, 0.6) is 0 Å². The third-order valence-electron chi connectivity index (χ3n) is 3.78. The second-order valence-corrected chi connectivity index (χ2v) is 6.08. The van der Waals surface area contributed by atoms with Gasteiger partial charge in [0.1, 0.15) is 0 Å². The van der Waals surface area contributed by atoms with Crippen molar-refractivity contribution >= 4 is 33.1 Å². The topological polar surface area (TPSA) is 72.2 Å². The second kappa shape index (κ2) is 6.34. The van der Waals surface area contributed by atoms with Gasteiger partial charge in [-0.05, 0) is 40.4 Å². The number of nitrogens with zero attached hydrogens (tertiary/aromatic N) is 1. The number of ketones is 1. The number of aryl methyl sites for hydroxylation is 1. The van der Waals surface area contributed by atoms with Crippen molar-refractivity contribution in [3.8, 4) is 0 Å². The number of halogens is 1. The van der Waals surface area contributed by atoms with E-state index in [1.165, 1.54) is 12.1 Å². The van der Waals surface area contributed by atoms with Gasteiger partial charge in [0.25, 0.3) is 5.69 Å². The molecule has 0 fully saturated rings. The van der Waals surface area contributed by atoms with Gasteiger partial charge in [-0.3, -0.25) is 14.9 Å². The molecule has 0 unspecified atom stereocenters. The highest BCUT2D eigenvalue weighted by Crippen LogP contribution is 2.29. The number of nitrogens with one attached hydrogen (secondary N) is 1. The van der Waals surface area contributed by atoms with Gasteiger partial charge in [0.15, 0.2) is 5.78 Å². The van der Waals surface area contributed by atoms with E-state index in [1.807, 2.05) is 24.3 Å². The van der Waals surface area contributed by atoms with Crippen molar-refractivity contribution in [1.29, 1.82) is 0 Å². The zero-order valence-corrected chi connectivity index (χ0v) is 13.7. The predicted octanol–water partition coefficient (Wildman–Crippen LogP) is 4.48. The van der Waals surface area contributed by atoms with E-state index in [-0.39, 0.29) is 11.5 Å². The van der Waals surface area contributed by atoms with Crippen LogP contribution in [0.1, 0.15) is 22.3 Å². The summed E-state index contributed by atoms with van der Waals surface area (Å²) in [5.74, 6) is 0.0254. The Morgan fingerprint density at radius 1 is 1.17 bits per heavy atom. The molecule has 23 heavy (non-hydrogen) atoms. The summed E-state index contributed by atoms with van der Waals surface area (Å²) in [5.41, 5.74) is 3.21. The van der Waals surface area contributed by atoms with Crippen molar-refractivity contribution in [2.24, 2.45) is 0 Å². The normalized spacial score (nSPS) is 15.3. The summed E-state index contributed by atoms with van der Waals surface area (Å²) in [6.45, 7) is 0. The zero-order chi connectivity index (χ0) is 16.4. The maximum atomic E-state index is 12.5. The maximum absolute atomic E-state index is 12.5. The van der Waals surface area contributed by atoms with Crippen LogP contribution >= 0.6 is 15.9 Å². The van der Waals surface area contributed by atoms with E-state index in [0.717, 1.165) is 17.5 Å². The molecule has 0 aromatic heterocycles. The molecule has 0 saturated heterocycles. The molecule has 5 nitrogen and oxygen atoms in total. The Morgan fingerprint density at radius 2 is 1.96 bits per heavy atom. The summed E-state index contributed by atoms with van der Waals surface area (Å²) < 4.78 is 0.576. The van der Waals surface area contributed by atoms with E-state index < -0.39 is 4.92 Å². The first-order chi connectivity index (χ1) is 11.1. The smallest absolute Gasteiger partial charge is 0.270 e. The van der Waals surface area contributed by atoms with E-state index in [4.69, 9.17) is 0 Å². The fourth-order valence-electron chi connectivity index (χ4n) is 2.55. The number of hydrogen-bond donors (Lipinski definition) is 1. The van der Waals surface area contributed by atoms with Crippen LogP contribution in [0.2, 0.25) is 0 Å².